The summed E-state index contributed by atoms with van der Waals surface area (Å²) < 4.78 is 0. The van der Waals surface area contributed by atoms with Gasteiger partial charge in [0.2, 0.25) is 11.8 Å². The molecule has 2 unspecified atom stereocenters. The van der Waals surface area contributed by atoms with Crippen LogP contribution in [0.15, 0.2) is 48.5 Å². The molecule has 0 spiro atoms. The van der Waals surface area contributed by atoms with E-state index in [9.17, 15) is 24.6 Å². The molecule has 0 saturated carbocycles. The van der Waals surface area contributed by atoms with Gasteiger partial charge in [-0.15, -0.1) is 0 Å². The zero-order valence-electron chi connectivity index (χ0n) is 15.5. The fourth-order valence-corrected chi connectivity index (χ4v) is 2.62. The van der Waals surface area contributed by atoms with Gasteiger partial charge in [-0.25, -0.2) is 0 Å². The van der Waals surface area contributed by atoms with E-state index in [4.69, 9.17) is 10.8 Å². The average Bonchev–Trinajstić information content (AvgIpc) is 2.68. The second kappa shape index (κ2) is 10.1. The predicted molar refractivity (Wildman–Crippen MR) is 104 cm³/mol. The number of carbonyl (C=O) groups is 3. The highest BCUT2D eigenvalue weighted by molar-refractivity contribution is 5.91. The van der Waals surface area contributed by atoms with Crippen molar-refractivity contribution in [2.45, 2.75) is 24.9 Å². The largest absolute Gasteiger partial charge is 0.508 e. The van der Waals surface area contributed by atoms with E-state index in [-0.39, 0.29) is 24.3 Å². The Kier molecular flexibility index (Phi) is 7.55. The Bertz CT molecular complexity index is 852. The van der Waals surface area contributed by atoms with Gasteiger partial charge in [-0.3, -0.25) is 14.4 Å². The van der Waals surface area contributed by atoms with Crippen LogP contribution in [0.25, 0.3) is 0 Å². The molecule has 154 valence electrons. The van der Waals surface area contributed by atoms with E-state index in [0.717, 1.165) is 5.56 Å². The van der Waals surface area contributed by atoms with Crippen LogP contribution in [-0.4, -0.2) is 51.7 Å². The second-order valence-corrected chi connectivity index (χ2v) is 6.52. The van der Waals surface area contributed by atoms with E-state index in [1.165, 1.54) is 24.3 Å². The van der Waals surface area contributed by atoms with Crippen LogP contribution in [0.5, 0.6) is 11.5 Å². The summed E-state index contributed by atoms with van der Waals surface area (Å²) in [6.07, 6.45) is 0.276. The summed E-state index contributed by atoms with van der Waals surface area (Å²) in [6, 6.07) is 10.3. The van der Waals surface area contributed by atoms with E-state index in [1.807, 2.05) is 0 Å². The number of aliphatic carboxylic acids is 1. The Labute approximate surface area is 167 Å². The lowest BCUT2D eigenvalue weighted by atomic mass is 10.0. The Morgan fingerprint density at radius 3 is 1.79 bits per heavy atom. The summed E-state index contributed by atoms with van der Waals surface area (Å²) >= 11 is 0. The Hall–Kier alpha value is -3.59. The first-order valence-electron chi connectivity index (χ1n) is 8.86. The lowest BCUT2D eigenvalue weighted by Gasteiger charge is -2.20. The number of nitrogens with two attached hydrogens (primary N) is 1. The van der Waals surface area contributed by atoms with Gasteiger partial charge >= 0.3 is 5.97 Å². The summed E-state index contributed by atoms with van der Waals surface area (Å²) in [5, 5.41) is 32.2. The van der Waals surface area contributed by atoms with Gasteiger partial charge in [-0.1, -0.05) is 24.3 Å². The SMILES string of the molecule is NC(Cc1ccc(O)cc1)C(=O)NC(Cc1ccc(O)cc1)C(=O)NCC(=O)O. The van der Waals surface area contributed by atoms with Crippen molar-refractivity contribution in [1.82, 2.24) is 10.6 Å². The number of rotatable bonds is 9. The summed E-state index contributed by atoms with van der Waals surface area (Å²) in [4.78, 5) is 35.6. The molecule has 9 nitrogen and oxygen atoms in total. The standard InChI is InChI=1S/C20H23N3O6/c21-16(9-12-1-5-14(24)6-2-12)19(28)23-17(20(29)22-11-18(26)27)10-13-3-7-15(25)8-4-13/h1-8,16-17,24-25H,9-11,21H2,(H,22,29)(H,23,28)(H,26,27). The second-order valence-electron chi connectivity index (χ2n) is 6.52. The number of amides is 2. The van der Waals surface area contributed by atoms with Gasteiger partial charge in [0, 0.05) is 6.42 Å². The number of benzene rings is 2. The molecule has 2 aromatic carbocycles. The molecule has 0 aromatic heterocycles. The van der Waals surface area contributed by atoms with Gasteiger partial charge in [0.05, 0.1) is 6.04 Å². The minimum absolute atomic E-state index is 0.0561. The molecule has 9 heteroatoms. The molecular formula is C20H23N3O6. The van der Waals surface area contributed by atoms with Crippen molar-refractivity contribution in [2.75, 3.05) is 6.54 Å². The van der Waals surface area contributed by atoms with Crippen LogP contribution in [0, 0.1) is 0 Å². The first-order chi connectivity index (χ1) is 13.7. The van der Waals surface area contributed by atoms with Crippen LogP contribution in [0.4, 0.5) is 0 Å². The molecule has 0 aliphatic rings. The number of phenols is 2. The van der Waals surface area contributed by atoms with Crippen LogP contribution in [-0.2, 0) is 27.2 Å². The number of phenolic OH excluding ortho intramolecular Hbond substituents is 2. The molecule has 2 atom stereocenters. The number of carbonyl (C=O) groups excluding carboxylic acids is 2. The van der Waals surface area contributed by atoms with E-state index >= 15 is 0 Å². The van der Waals surface area contributed by atoms with Gasteiger partial charge in [0.15, 0.2) is 0 Å². The normalized spacial score (nSPS) is 12.6. The molecule has 2 rings (SSSR count). The third-order valence-electron chi connectivity index (χ3n) is 4.15. The van der Waals surface area contributed by atoms with Crippen LogP contribution >= 0.6 is 0 Å². The smallest absolute Gasteiger partial charge is 0.322 e. The quantitative estimate of drug-likeness (QED) is 0.342. The van der Waals surface area contributed by atoms with Crippen molar-refractivity contribution in [3.63, 3.8) is 0 Å². The molecule has 0 aliphatic heterocycles. The molecule has 0 fully saturated rings. The Balaban J connectivity index is 2.06. The van der Waals surface area contributed by atoms with Crippen molar-refractivity contribution < 1.29 is 29.7 Å². The first-order valence-corrected chi connectivity index (χ1v) is 8.86. The van der Waals surface area contributed by atoms with E-state index in [0.29, 0.717) is 5.56 Å². The summed E-state index contributed by atoms with van der Waals surface area (Å²) in [5.41, 5.74) is 7.33. The molecule has 0 radical (unpaired) electrons. The van der Waals surface area contributed by atoms with Gasteiger partial charge in [-0.2, -0.15) is 0 Å². The number of carboxylic acid groups (broad SMARTS) is 1. The molecule has 29 heavy (non-hydrogen) atoms. The lowest BCUT2D eigenvalue weighted by Crippen LogP contribution is -2.53. The van der Waals surface area contributed by atoms with E-state index < -0.39 is 36.4 Å². The fourth-order valence-electron chi connectivity index (χ4n) is 2.62. The maximum absolute atomic E-state index is 12.5. The minimum atomic E-state index is -1.21. The highest BCUT2D eigenvalue weighted by Crippen LogP contribution is 2.13. The molecule has 7 N–H and O–H groups in total. The summed E-state index contributed by atoms with van der Waals surface area (Å²) in [6.45, 7) is -0.583. The highest BCUT2D eigenvalue weighted by Gasteiger charge is 2.24. The van der Waals surface area contributed by atoms with Gasteiger partial charge in [0.1, 0.15) is 24.1 Å². The molecule has 2 aromatic rings. The van der Waals surface area contributed by atoms with Crippen LogP contribution in [0.3, 0.4) is 0 Å². The number of nitrogens with one attached hydrogen (secondary N) is 2. The predicted octanol–water partition coefficient (Wildman–Crippen LogP) is -0.104. The molecule has 0 saturated heterocycles. The average molecular weight is 401 g/mol. The topological polar surface area (TPSA) is 162 Å². The molecule has 0 bridgehead atoms. The van der Waals surface area contributed by atoms with Crippen molar-refractivity contribution in [3.8, 4) is 11.5 Å². The van der Waals surface area contributed by atoms with E-state index in [1.54, 1.807) is 24.3 Å². The number of hydrogen-bond acceptors (Lipinski definition) is 6. The number of carboxylic acids is 1. The zero-order chi connectivity index (χ0) is 21.4. The van der Waals surface area contributed by atoms with Crippen LogP contribution < -0.4 is 16.4 Å². The molecular weight excluding hydrogens is 378 g/mol. The maximum Gasteiger partial charge on any atom is 0.322 e. The van der Waals surface area contributed by atoms with Gasteiger partial charge < -0.3 is 31.7 Å². The van der Waals surface area contributed by atoms with Crippen molar-refractivity contribution in [3.05, 3.63) is 59.7 Å². The van der Waals surface area contributed by atoms with Crippen molar-refractivity contribution >= 4 is 17.8 Å². The van der Waals surface area contributed by atoms with Crippen LogP contribution in [0.2, 0.25) is 0 Å². The number of aromatic hydroxyl groups is 2. The monoisotopic (exact) mass is 401 g/mol. The summed E-state index contributed by atoms with van der Waals surface area (Å²) in [5.74, 6) is -2.30. The molecule has 2 amide bonds. The van der Waals surface area contributed by atoms with Gasteiger partial charge in [-0.05, 0) is 41.8 Å². The highest BCUT2D eigenvalue weighted by atomic mass is 16.4. The Morgan fingerprint density at radius 2 is 1.31 bits per heavy atom. The molecule has 0 aliphatic carbocycles. The zero-order valence-corrected chi connectivity index (χ0v) is 15.5. The summed E-state index contributed by atoms with van der Waals surface area (Å²) in [7, 11) is 0. The van der Waals surface area contributed by atoms with Crippen LogP contribution in [0.1, 0.15) is 11.1 Å². The third-order valence-corrected chi connectivity index (χ3v) is 4.15. The Morgan fingerprint density at radius 1 is 0.828 bits per heavy atom. The number of hydrogen-bond donors (Lipinski definition) is 6. The fraction of sp³-hybridized carbons (Fsp3) is 0.250. The van der Waals surface area contributed by atoms with Crippen molar-refractivity contribution in [2.24, 2.45) is 5.73 Å². The molecule has 0 heterocycles. The first kappa shape index (κ1) is 21.7. The van der Waals surface area contributed by atoms with Crippen molar-refractivity contribution in [1.29, 1.82) is 0 Å². The van der Waals surface area contributed by atoms with Gasteiger partial charge in [0.25, 0.3) is 0 Å². The lowest BCUT2D eigenvalue weighted by molar-refractivity contribution is -0.138. The minimum Gasteiger partial charge on any atom is -0.508 e. The third kappa shape index (κ3) is 7.15. The maximum atomic E-state index is 12.5. The van der Waals surface area contributed by atoms with E-state index in [2.05, 4.69) is 10.6 Å².